The minimum Gasteiger partial charge on any atom is -0.480 e. The van der Waals surface area contributed by atoms with Crippen LogP contribution in [0.5, 0.6) is 0 Å². The van der Waals surface area contributed by atoms with E-state index in [2.05, 4.69) is 5.32 Å². The van der Waals surface area contributed by atoms with Crippen LogP contribution in [0.2, 0.25) is 5.02 Å². The van der Waals surface area contributed by atoms with Gasteiger partial charge in [-0.1, -0.05) is 48.9 Å². The molecule has 0 bridgehead atoms. The molecule has 2 atom stereocenters. The van der Waals surface area contributed by atoms with E-state index < -0.39 is 12.0 Å². The molecule has 1 fully saturated rings. The van der Waals surface area contributed by atoms with Crippen LogP contribution in [0.1, 0.15) is 52.2 Å². The van der Waals surface area contributed by atoms with Gasteiger partial charge in [-0.15, -0.1) is 11.3 Å². The van der Waals surface area contributed by atoms with Crippen LogP contribution in [0.25, 0.3) is 0 Å². The maximum absolute atomic E-state index is 13.1. The summed E-state index contributed by atoms with van der Waals surface area (Å²) in [6, 6.07) is 17.2. The number of carboxylic acids is 1. The van der Waals surface area contributed by atoms with Gasteiger partial charge >= 0.3 is 5.97 Å². The van der Waals surface area contributed by atoms with Crippen molar-refractivity contribution < 1.29 is 19.5 Å². The maximum Gasteiger partial charge on any atom is 0.320 e. The molecule has 0 saturated carbocycles. The van der Waals surface area contributed by atoms with Crippen molar-refractivity contribution in [3.63, 3.8) is 0 Å². The first-order valence-electron chi connectivity index (χ1n) is 11.1. The second-order valence-electron chi connectivity index (χ2n) is 8.22. The molecule has 2 N–H and O–H groups in total. The molecule has 0 radical (unpaired) electrons. The quantitative estimate of drug-likeness (QED) is 0.406. The number of halogens is 1. The van der Waals surface area contributed by atoms with Crippen molar-refractivity contribution >= 4 is 45.6 Å². The Morgan fingerprint density at radius 2 is 1.79 bits per heavy atom. The fourth-order valence-electron chi connectivity index (χ4n) is 4.35. The van der Waals surface area contributed by atoms with E-state index in [-0.39, 0.29) is 24.3 Å². The number of carboxylic acid groups (broad SMARTS) is 1. The lowest BCUT2D eigenvalue weighted by Gasteiger charge is -2.27. The minimum atomic E-state index is -0.936. The molecule has 1 aromatic heterocycles. The molecular formula is C26H25ClN2O4S. The molecule has 34 heavy (non-hydrogen) atoms. The Kier molecular flexibility index (Phi) is 7.46. The molecule has 8 heteroatoms. The lowest BCUT2D eigenvalue weighted by Crippen LogP contribution is -2.42. The van der Waals surface area contributed by atoms with Crippen molar-refractivity contribution in [2.24, 2.45) is 0 Å². The molecule has 6 nitrogen and oxygen atoms in total. The van der Waals surface area contributed by atoms with Gasteiger partial charge in [0.2, 0.25) is 5.91 Å². The largest absolute Gasteiger partial charge is 0.480 e. The summed E-state index contributed by atoms with van der Waals surface area (Å²) in [6.07, 6.45) is 1.86. The minimum absolute atomic E-state index is 0.0789. The van der Waals surface area contributed by atoms with Crippen molar-refractivity contribution in [2.75, 3.05) is 11.9 Å². The predicted octanol–water partition coefficient (Wildman–Crippen LogP) is 5.42. The van der Waals surface area contributed by atoms with Crippen LogP contribution in [0.15, 0.2) is 60.7 Å². The third-order valence-electron chi connectivity index (χ3n) is 6.05. The number of nitrogens with one attached hydrogen (secondary N) is 1. The Bertz CT molecular complexity index is 1190. The van der Waals surface area contributed by atoms with Crippen LogP contribution in [0.3, 0.4) is 0 Å². The summed E-state index contributed by atoms with van der Waals surface area (Å²) in [5.74, 6) is -1.48. The standard InChI is InChI=1S/C26H25ClN2O4S/c1-2-19-14-20(24(31)17-8-10-18(27)11-9-17)25(34-19)28-23(30)15-29-21(12-13-22(29)26(32)33)16-6-4-3-5-7-16/h3-11,14,21-22H,2,12-13,15H2,1H3,(H,28,30)(H,32,33)/t21-,22-/m1/s1. The average Bonchev–Trinajstić information content (AvgIpc) is 3.44. The molecule has 0 spiro atoms. The van der Waals surface area contributed by atoms with Crippen molar-refractivity contribution in [3.8, 4) is 0 Å². The summed E-state index contributed by atoms with van der Waals surface area (Å²) < 4.78 is 0. The molecule has 3 aromatic rings. The molecule has 2 aromatic carbocycles. The first-order chi connectivity index (χ1) is 16.4. The summed E-state index contributed by atoms with van der Waals surface area (Å²) >= 11 is 7.31. The molecule has 4 rings (SSSR count). The number of anilines is 1. The third-order valence-corrected chi connectivity index (χ3v) is 7.49. The predicted molar refractivity (Wildman–Crippen MR) is 134 cm³/mol. The van der Waals surface area contributed by atoms with E-state index in [1.165, 1.54) is 11.3 Å². The Morgan fingerprint density at radius 3 is 2.44 bits per heavy atom. The van der Waals surface area contributed by atoms with E-state index in [4.69, 9.17) is 11.6 Å². The maximum atomic E-state index is 13.1. The van der Waals surface area contributed by atoms with Gasteiger partial charge in [0.25, 0.3) is 0 Å². The number of hydrogen-bond acceptors (Lipinski definition) is 5. The molecule has 1 saturated heterocycles. The second kappa shape index (κ2) is 10.5. The van der Waals surface area contributed by atoms with Gasteiger partial charge in [-0.2, -0.15) is 0 Å². The Labute approximate surface area is 207 Å². The number of aliphatic carboxylic acids is 1. The highest BCUT2D eigenvalue weighted by molar-refractivity contribution is 7.16. The lowest BCUT2D eigenvalue weighted by molar-refractivity contribution is -0.143. The molecule has 1 aliphatic rings. The Balaban J connectivity index is 1.56. The lowest BCUT2D eigenvalue weighted by atomic mass is 10.0. The number of ketones is 1. The number of aryl methyl sites for hydroxylation is 1. The molecular weight excluding hydrogens is 472 g/mol. The van der Waals surface area contributed by atoms with E-state index in [1.54, 1.807) is 35.2 Å². The molecule has 2 heterocycles. The number of thiophene rings is 1. The van der Waals surface area contributed by atoms with Gasteiger partial charge in [0.15, 0.2) is 5.78 Å². The zero-order valence-corrected chi connectivity index (χ0v) is 20.2. The fraction of sp³-hybridized carbons (Fsp3) is 0.269. The van der Waals surface area contributed by atoms with Gasteiger partial charge in [0.05, 0.1) is 12.1 Å². The third kappa shape index (κ3) is 5.22. The molecule has 1 amide bonds. The second-order valence-corrected chi connectivity index (χ2v) is 9.80. The van der Waals surface area contributed by atoms with Crippen molar-refractivity contribution in [2.45, 2.75) is 38.3 Å². The van der Waals surface area contributed by atoms with E-state index >= 15 is 0 Å². The molecule has 0 unspecified atom stereocenters. The zero-order valence-electron chi connectivity index (χ0n) is 18.7. The van der Waals surface area contributed by atoms with Crippen LogP contribution in [-0.2, 0) is 16.0 Å². The number of likely N-dealkylation sites (tertiary alicyclic amines) is 1. The number of benzene rings is 2. The van der Waals surface area contributed by atoms with E-state index in [0.29, 0.717) is 34.0 Å². The number of hydrogen-bond donors (Lipinski definition) is 2. The van der Waals surface area contributed by atoms with Crippen LogP contribution in [-0.4, -0.2) is 40.3 Å². The smallest absolute Gasteiger partial charge is 0.320 e. The van der Waals surface area contributed by atoms with Gasteiger partial charge in [-0.25, -0.2) is 0 Å². The number of amides is 1. The Morgan fingerprint density at radius 1 is 1.09 bits per heavy atom. The van der Waals surface area contributed by atoms with Gasteiger partial charge < -0.3 is 10.4 Å². The molecule has 0 aliphatic carbocycles. The Hall–Kier alpha value is -3.00. The molecule has 176 valence electrons. The monoisotopic (exact) mass is 496 g/mol. The van der Waals surface area contributed by atoms with Gasteiger partial charge in [-0.05, 0) is 55.2 Å². The van der Waals surface area contributed by atoms with Crippen molar-refractivity contribution in [1.82, 2.24) is 4.90 Å². The SMILES string of the molecule is CCc1cc(C(=O)c2ccc(Cl)cc2)c(NC(=O)CN2[C@@H](C(=O)O)CC[C@@H]2c2ccccc2)s1. The van der Waals surface area contributed by atoms with Crippen LogP contribution in [0.4, 0.5) is 5.00 Å². The van der Waals surface area contributed by atoms with Crippen molar-refractivity contribution in [3.05, 3.63) is 87.3 Å². The van der Waals surface area contributed by atoms with E-state index in [0.717, 1.165) is 16.9 Å². The van der Waals surface area contributed by atoms with Gasteiger partial charge in [-0.3, -0.25) is 19.3 Å². The summed E-state index contributed by atoms with van der Waals surface area (Å²) in [7, 11) is 0. The zero-order chi connectivity index (χ0) is 24.2. The van der Waals surface area contributed by atoms with Crippen molar-refractivity contribution in [1.29, 1.82) is 0 Å². The number of carbonyl (C=O) groups excluding carboxylic acids is 2. The van der Waals surface area contributed by atoms with Gasteiger partial charge in [0.1, 0.15) is 11.0 Å². The number of nitrogens with zero attached hydrogens (tertiary/aromatic N) is 1. The van der Waals surface area contributed by atoms with Crippen LogP contribution in [0, 0.1) is 0 Å². The first kappa shape index (κ1) is 24.1. The summed E-state index contributed by atoms with van der Waals surface area (Å²) in [5, 5.41) is 13.6. The first-order valence-corrected chi connectivity index (χ1v) is 12.3. The highest BCUT2D eigenvalue weighted by Crippen LogP contribution is 2.36. The number of rotatable bonds is 8. The summed E-state index contributed by atoms with van der Waals surface area (Å²) in [5.41, 5.74) is 1.89. The van der Waals surface area contributed by atoms with Gasteiger partial charge in [0, 0.05) is 21.5 Å². The fourth-order valence-corrected chi connectivity index (χ4v) is 5.49. The molecule has 1 aliphatic heterocycles. The highest BCUT2D eigenvalue weighted by atomic mass is 35.5. The van der Waals surface area contributed by atoms with Crippen LogP contribution >= 0.6 is 22.9 Å². The normalized spacial score (nSPS) is 18.1. The summed E-state index contributed by atoms with van der Waals surface area (Å²) in [4.78, 5) is 40.8. The van der Waals surface area contributed by atoms with E-state index in [1.807, 2.05) is 37.3 Å². The highest BCUT2D eigenvalue weighted by Gasteiger charge is 2.39. The summed E-state index contributed by atoms with van der Waals surface area (Å²) in [6.45, 7) is 1.91. The topological polar surface area (TPSA) is 86.7 Å². The average molecular weight is 497 g/mol. The van der Waals surface area contributed by atoms with E-state index in [9.17, 15) is 19.5 Å². The van der Waals surface area contributed by atoms with Crippen LogP contribution < -0.4 is 5.32 Å². The number of carbonyl (C=O) groups is 3.